The number of hydrogen-bond donors (Lipinski definition) is 0. The summed E-state index contributed by atoms with van der Waals surface area (Å²) in [6.45, 7) is 17.9. The second-order valence-corrected chi connectivity index (χ2v) is 11.2. The van der Waals surface area contributed by atoms with Crippen LogP contribution < -0.4 is 0 Å². The maximum atomic E-state index is 11.2. The molecule has 242 valence electrons. The molecule has 6 nitrogen and oxygen atoms in total. The predicted molar refractivity (Wildman–Crippen MR) is 178 cm³/mol. The number of hydrogen-bond acceptors (Lipinski definition) is 5. The summed E-state index contributed by atoms with van der Waals surface area (Å²) in [5, 5.41) is 0. The molecule has 0 N–H and O–H groups in total. The molecule has 1 heterocycles. The monoisotopic (exact) mass is 597 g/mol. The van der Waals surface area contributed by atoms with Gasteiger partial charge in [-0.3, -0.25) is 4.79 Å². The lowest BCUT2D eigenvalue weighted by atomic mass is 10.0. The van der Waals surface area contributed by atoms with Crippen molar-refractivity contribution in [3.05, 3.63) is 73.0 Å². The first kappa shape index (κ1) is 39.8. The van der Waals surface area contributed by atoms with E-state index in [4.69, 9.17) is 9.47 Å². The van der Waals surface area contributed by atoms with Gasteiger partial charge in [-0.15, -0.1) is 0 Å². The van der Waals surface area contributed by atoms with Crippen LogP contribution in [-0.2, 0) is 30.5 Å². The molecule has 1 saturated heterocycles. The van der Waals surface area contributed by atoms with Crippen LogP contribution in [0.5, 0.6) is 0 Å². The van der Waals surface area contributed by atoms with Gasteiger partial charge >= 0.3 is 11.9 Å². The van der Waals surface area contributed by atoms with Crippen LogP contribution in [0.3, 0.4) is 0 Å². The van der Waals surface area contributed by atoms with Crippen LogP contribution in [0.15, 0.2) is 67.4 Å². The van der Waals surface area contributed by atoms with Gasteiger partial charge in [-0.1, -0.05) is 140 Å². The molecule has 6 heteroatoms. The number of amides is 1. The molecule has 2 rings (SSSR count). The van der Waals surface area contributed by atoms with Crippen molar-refractivity contribution in [3.8, 4) is 0 Å². The van der Waals surface area contributed by atoms with Crippen LogP contribution in [0.1, 0.15) is 129 Å². The van der Waals surface area contributed by atoms with Gasteiger partial charge in [0.25, 0.3) is 0 Å². The third-order valence-electron chi connectivity index (χ3n) is 6.97. The zero-order valence-electron chi connectivity index (χ0n) is 27.5. The van der Waals surface area contributed by atoms with Gasteiger partial charge in [0.2, 0.25) is 5.91 Å². The van der Waals surface area contributed by atoms with E-state index in [0.717, 1.165) is 24.9 Å². The molecule has 1 aliphatic rings. The maximum Gasteiger partial charge on any atom is 0.333 e. The second-order valence-electron chi connectivity index (χ2n) is 11.2. The second kappa shape index (κ2) is 27.7. The van der Waals surface area contributed by atoms with Gasteiger partial charge in [0, 0.05) is 24.1 Å². The molecule has 1 amide bonds. The fourth-order valence-electron chi connectivity index (χ4n) is 4.29. The lowest BCUT2D eigenvalue weighted by Crippen LogP contribution is -2.16. The fourth-order valence-corrected chi connectivity index (χ4v) is 4.29. The van der Waals surface area contributed by atoms with E-state index in [-0.39, 0.29) is 17.8 Å². The van der Waals surface area contributed by atoms with E-state index in [0.29, 0.717) is 30.8 Å². The minimum Gasteiger partial charge on any atom is -0.462 e. The topological polar surface area (TPSA) is 72.9 Å². The summed E-state index contributed by atoms with van der Waals surface area (Å²) in [5.41, 5.74) is 1.90. The van der Waals surface area contributed by atoms with E-state index in [2.05, 4.69) is 26.7 Å². The number of rotatable bonds is 20. The van der Waals surface area contributed by atoms with E-state index >= 15 is 0 Å². The van der Waals surface area contributed by atoms with Crippen molar-refractivity contribution in [3.63, 3.8) is 0 Å². The fraction of sp³-hybridized carbons (Fsp3) is 0.595. The number of esters is 2. The van der Waals surface area contributed by atoms with Crippen LogP contribution in [0.2, 0.25) is 0 Å². The normalized spacial score (nSPS) is 11.9. The average Bonchev–Trinajstić information content (AvgIpc) is 3.43. The SMILES string of the molecule is C=C(C)C(=O)OCCCCCCCCCCCCCCCC.C=C(C)C(=O)OCc1ccccc1.C=CN1CCCC1=O. The van der Waals surface area contributed by atoms with Gasteiger partial charge in [-0.25, -0.2) is 9.59 Å². The van der Waals surface area contributed by atoms with Crippen molar-refractivity contribution in [1.29, 1.82) is 0 Å². The van der Waals surface area contributed by atoms with E-state index < -0.39 is 0 Å². The van der Waals surface area contributed by atoms with Crippen LogP contribution in [0.4, 0.5) is 0 Å². The zero-order valence-corrected chi connectivity index (χ0v) is 27.5. The highest BCUT2D eigenvalue weighted by Crippen LogP contribution is 2.13. The third kappa shape index (κ3) is 24.0. The Bertz CT molecular complexity index is 924. The summed E-state index contributed by atoms with van der Waals surface area (Å²) in [6.07, 6.45) is 22.1. The molecule has 0 atom stereocenters. The van der Waals surface area contributed by atoms with Gasteiger partial charge in [-0.05, 0) is 38.5 Å². The van der Waals surface area contributed by atoms with Crippen LogP contribution in [-0.4, -0.2) is 35.9 Å². The van der Waals surface area contributed by atoms with Gasteiger partial charge in [-0.2, -0.15) is 0 Å². The number of ether oxygens (including phenoxy) is 2. The lowest BCUT2D eigenvalue weighted by Gasteiger charge is -2.05. The Labute approximate surface area is 262 Å². The van der Waals surface area contributed by atoms with Crippen molar-refractivity contribution >= 4 is 17.8 Å². The van der Waals surface area contributed by atoms with Crippen LogP contribution in [0.25, 0.3) is 0 Å². The maximum absolute atomic E-state index is 11.2. The molecule has 0 saturated carbocycles. The summed E-state index contributed by atoms with van der Waals surface area (Å²) in [4.78, 5) is 34.5. The first-order valence-corrected chi connectivity index (χ1v) is 16.3. The number of unbranched alkanes of at least 4 members (excludes halogenated alkanes) is 13. The molecule has 1 aromatic carbocycles. The summed E-state index contributed by atoms with van der Waals surface area (Å²) in [7, 11) is 0. The molecule has 1 aromatic rings. The number of nitrogens with zero attached hydrogens (tertiary/aromatic N) is 1. The minimum absolute atomic E-state index is 0.208. The predicted octanol–water partition coefficient (Wildman–Crippen LogP) is 9.65. The Morgan fingerprint density at radius 2 is 1.23 bits per heavy atom. The molecule has 1 fully saturated rings. The molecular formula is C37H59NO5. The molecule has 0 aromatic heterocycles. The number of benzene rings is 1. The highest BCUT2D eigenvalue weighted by Gasteiger charge is 2.16. The Kier molecular flexibility index (Phi) is 25.6. The molecule has 0 radical (unpaired) electrons. The quantitative estimate of drug-likeness (QED) is 0.0850. The third-order valence-corrected chi connectivity index (χ3v) is 6.97. The Balaban J connectivity index is 0.000000698. The van der Waals surface area contributed by atoms with Crippen molar-refractivity contribution in [1.82, 2.24) is 4.90 Å². The van der Waals surface area contributed by atoms with Crippen molar-refractivity contribution in [2.75, 3.05) is 13.2 Å². The largest absolute Gasteiger partial charge is 0.462 e. The van der Waals surface area contributed by atoms with Crippen molar-refractivity contribution in [2.24, 2.45) is 0 Å². The minimum atomic E-state index is -0.344. The standard InChI is InChI=1S/C20H38O2.C11H12O2.C6H9NO/c1-4-5-6-7-8-9-10-11-12-13-14-15-16-17-18-22-20(21)19(2)3;1-9(2)11(12)13-8-10-6-4-3-5-7-10;1-2-7-5-3-4-6(7)8/h2,4-18H2,1,3H3;3-7H,1,8H2,2H3;2H,1,3-5H2. The summed E-state index contributed by atoms with van der Waals surface area (Å²) in [6, 6.07) is 9.55. The molecule has 0 aliphatic carbocycles. The number of carbonyl (C=O) groups is 3. The Morgan fingerprint density at radius 1 is 0.767 bits per heavy atom. The number of likely N-dealkylation sites (tertiary alicyclic amines) is 1. The van der Waals surface area contributed by atoms with E-state index in [1.54, 1.807) is 24.9 Å². The molecule has 43 heavy (non-hydrogen) atoms. The highest BCUT2D eigenvalue weighted by atomic mass is 16.5. The van der Waals surface area contributed by atoms with Gasteiger partial charge in [0.1, 0.15) is 6.61 Å². The first-order chi connectivity index (χ1) is 20.7. The molecular weight excluding hydrogens is 538 g/mol. The molecule has 0 spiro atoms. The summed E-state index contributed by atoms with van der Waals surface area (Å²) >= 11 is 0. The average molecular weight is 598 g/mol. The van der Waals surface area contributed by atoms with Gasteiger partial charge in [0.15, 0.2) is 0 Å². The van der Waals surface area contributed by atoms with E-state index in [1.807, 2.05) is 30.3 Å². The van der Waals surface area contributed by atoms with E-state index in [1.165, 1.54) is 83.5 Å². The van der Waals surface area contributed by atoms with Crippen molar-refractivity contribution in [2.45, 2.75) is 130 Å². The van der Waals surface area contributed by atoms with Gasteiger partial charge < -0.3 is 14.4 Å². The van der Waals surface area contributed by atoms with Crippen LogP contribution in [0, 0.1) is 0 Å². The number of carbonyl (C=O) groups excluding carboxylic acids is 3. The molecule has 1 aliphatic heterocycles. The Morgan fingerprint density at radius 3 is 1.63 bits per heavy atom. The van der Waals surface area contributed by atoms with Gasteiger partial charge in [0.05, 0.1) is 6.61 Å². The highest BCUT2D eigenvalue weighted by molar-refractivity contribution is 5.87. The van der Waals surface area contributed by atoms with E-state index in [9.17, 15) is 14.4 Å². The smallest absolute Gasteiger partial charge is 0.333 e. The summed E-state index contributed by atoms with van der Waals surface area (Å²) in [5.74, 6) is -0.390. The van der Waals surface area contributed by atoms with Crippen LogP contribution >= 0.6 is 0 Å². The molecule has 0 unspecified atom stereocenters. The lowest BCUT2D eigenvalue weighted by molar-refractivity contribution is -0.140. The van der Waals surface area contributed by atoms with Crippen molar-refractivity contribution < 1.29 is 23.9 Å². The summed E-state index contributed by atoms with van der Waals surface area (Å²) < 4.78 is 10.0. The Hall–Kier alpha value is -3.15. The first-order valence-electron chi connectivity index (χ1n) is 16.3. The zero-order chi connectivity index (χ0) is 32.1. The molecule has 0 bridgehead atoms.